The fraction of sp³-hybridized carbons (Fsp3) is 0.303. The number of urea groups is 1. The van der Waals surface area contributed by atoms with Crippen LogP contribution in [0.2, 0.25) is 0 Å². The van der Waals surface area contributed by atoms with Crippen LogP contribution >= 0.6 is 0 Å². The number of carbonyl (C=O) groups excluding carboxylic acids is 2. The Labute approximate surface area is 264 Å². The monoisotopic (exact) mass is 633 g/mol. The molecule has 0 atom stereocenters. The molecule has 12 heteroatoms. The lowest BCUT2D eigenvalue weighted by molar-refractivity contribution is 0.0766. The van der Waals surface area contributed by atoms with Gasteiger partial charge in [0.1, 0.15) is 17.2 Å². The van der Waals surface area contributed by atoms with Crippen molar-refractivity contribution in [3.63, 3.8) is 0 Å². The smallest absolute Gasteiger partial charge is 0.323 e. The molecule has 3 N–H and O–H groups in total. The molecule has 0 aliphatic rings. The van der Waals surface area contributed by atoms with Crippen molar-refractivity contribution in [2.45, 2.75) is 40.0 Å². The van der Waals surface area contributed by atoms with Crippen LogP contribution in [0.15, 0.2) is 66.9 Å². The Morgan fingerprint density at radius 2 is 1.53 bits per heavy atom. The summed E-state index contributed by atoms with van der Waals surface area (Å²) in [6, 6.07) is 17.1. The van der Waals surface area contributed by atoms with Gasteiger partial charge in [0.05, 0.1) is 30.4 Å². The third-order valence-corrected chi connectivity index (χ3v) is 7.65. The minimum Gasteiger partial charge on any atom is -0.492 e. The molecule has 0 aliphatic heterocycles. The minimum absolute atomic E-state index is 0.174. The Morgan fingerprint density at radius 3 is 2.16 bits per heavy atom. The Balaban J connectivity index is 1.63. The van der Waals surface area contributed by atoms with Gasteiger partial charge in [0.15, 0.2) is 5.75 Å². The molecule has 4 aromatic rings. The number of pyridine rings is 1. The molecule has 0 saturated carbocycles. The molecule has 3 amide bonds. The van der Waals surface area contributed by atoms with E-state index in [1.807, 2.05) is 58.9 Å². The van der Waals surface area contributed by atoms with Crippen LogP contribution in [0.25, 0.3) is 10.8 Å². The number of sulfonamides is 1. The van der Waals surface area contributed by atoms with Gasteiger partial charge in [-0.1, -0.05) is 45.0 Å². The van der Waals surface area contributed by atoms with Crippen molar-refractivity contribution in [1.82, 2.24) is 9.88 Å². The van der Waals surface area contributed by atoms with Crippen molar-refractivity contribution in [3.05, 3.63) is 78.1 Å². The summed E-state index contributed by atoms with van der Waals surface area (Å²) in [7, 11) is -2.22. The van der Waals surface area contributed by atoms with Gasteiger partial charge in [-0.25, -0.2) is 13.2 Å². The molecule has 3 aromatic carbocycles. The number of ether oxygens (including phenoxy) is 2. The van der Waals surface area contributed by atoms with Crippen molar-refractivity contribution in [2.75, 3.05) is 41.8 Å². The number of amides is 3. The van der Waals surface area contributed by atoms with E-state index < -0.39 is 16.1 Å². The average Bonchev–Trinajstić information content (AvgIpc) is 2.97. The summed E-state index contributed by atoms with van der Waals surface area (Å²) in [4.78, 5) is 32.1. The number of hydrogen-bond donors (Lipinski definition) is 3. The second-order valence-electron chi connectivity index (χ2n) is 11.4. The van der Waals surface area contributed by atoms with E-state index in [0.29, 0.717) is 41.3 Å². The third kappa shape index (κ3) is 8.01. The van der Waals surface area contributed by atoms with Crippen molar-refractivity contribution in [2.24, 2.45) is 0 Å². The summed E-state index contributed by atoms with van der Waals surface area (Å²) < 4.78 is 38.4. The molecule has 4 rings (SSSR count). The molecule has 1 aromatic heterocycles. The van der Waals surface area contributed by atoms with Crippen LogP contribution in [0.1, 0.15) is 50.7 Å². The van der Waals surface area contributed by atoms with Gasteiger partial charge in [0, 0.05) is 36.1 Å². The van der Waals surface area contributed by atoms with E-state index >= 15 is 0 Å². The average molecular weight is 634 g/mol. The fourth-order valence-corrected chi connectivity index (χ4v) is 5.34. The first-order valence-corrected chi connectivity index (χ1v) is 16.4. The largest absolute Gasteiger partial charge is 0.492 e. The van der Waals surface area contributed by atoms with Crippen LogP contribution < -0.4 is 24.8 Å². The summed E-state index contributed by atoms with van der Waals surface area (Å²) >= 11 is 0. The topological polar surface area (TPSA) is 139 Å². The van der Waals surface area contributed by atoms with Crippen molar-refractivity contribution in [1.29, 1.82) is 0 Å². The molecule has 0 aliphatic carbocycles. The summed E-state index contributed by atoms with van der Waals surface area (Å²) in [6.45, 7) is 10.9. The van der Waals surface area contributed by atoms with E-state index in [1.165, 1.54) is 13.3 Å². The second-order valence-corrected chi connectivity index (χ2v) is 13.2. The number of fused-ring (bicyclic) bond motifs is 1. The normalized spacial score (nSPS) is 11.5. The van der Waals surface area contributed by atoms with Crippen LogP contribution in [-0.2, 0) is 15.4 Å². The molecule has 0 radical (unpaired) electrons. The summed E-state index contributed by atoms with van der Waals surface area (Å²) in [5.41, 5.74) is 1.75. The molecule has 1 heterocycles. The first kappa shape index (κ1) is 33.1. The van der Waals surface area contributed by atoms with Crippen LogP contribution in [0.4, 0.5) is 21.9 Å². The maximum Gasteiger partial charge on any atom is 0.323 e. The van der Waals surface area contributed by atoms with Crippen LogP contribution in [-0.4, -0.2) is 56.7 Å². The number of rotatable bonds is 10. The van der Waals surface area contributed by atoms with Gasteiger partial charge >= 0.3 is 6.03 Å². The summed E-state index contributed by atoms with van der Waals surface area (Å²) in [5, 5.41) is 7.16. The predicted octanol–water partition coefficient (Wildman–Crippen LogP) is 6.83. The molecular formula is C33H39N5O6S. The number of anilines is 3. The van der Waals surface area contributed by atoms with Gasteiger partial charge in [0.2, 0.25) is 10.0 Å². The van der Waals surface area contributed by atoms with Crippen molar-refractivity contribution in [3.8, 4) is 17.2 Å². The molecule has 0 bridgehead atoms. The van der Waals surface area contributed by atoms with Crippen molar-refractivity contribution < 1.29 is 27.5 Å². The van der Waals surface area contributed by atoms with E-state index in [0.717, 1.165) is 17.2 Å². The lowest BCUT2D eigenvalue weighted by atomic mass is 9.86. The number of aromatic nitrogens is 1. The zero-order valence-electron chi connectivity index (χ0n) is 26.5. The van der Waals surface area contributed by atoms with Crippen LogP contribution in [0.5, 0.6) is 17.2 Å². The molecule has 11 nitrogen and oxygen atoms in total. The standard InChI is InChI=1S/C33H39N5O6S/c1-8-38(9-2)31(39)28-20-22(16-17-34-28)44-29-15-14-25(23-12-10-11-13-24(23)29)35-32(40)36-26-18-21(33(3,4)5)19-27(30(26)43-6)37-45(7,41)42/h10-20,37H,8-9H2,1-7H3,(H2,35,36,40). The Hall–Kier alpha value is -4.84. The molecule has 238 valence electrons. The SMILES string of the molecule is CCN(CC)C(=O)c1cc(Oc2ccc(NC(=O)Nc3cc(C(C)(C)C)cc(NS(C)(=O)=O)c3OC)c3ccccc23)ccn1. The highest BCUT2D eigenvalue weighted by atomic mass is 32.2. The molecule has 45 heavy (non-hydrogen) atoms. The Kier molecular flexibility index (Phi) is 9.87. The number of nitrogens with zero attached hydrogens (tertiary/aromatic N) is 2. The van der Waals surface area contributed by atoms with E-state index in [-0.39, 0.29) is 28.5 Å². The van der Waals surface area contributed by atoms with Gasteiger partial charge in [-0.3, -0.25) is 14.5 Å². The summed E-state index contributed by atoms with van der Waals surface area (Å²) in [5.74, 6) is 0.978. The summed E-state index contributed by atoms with van der Waals surface area (Å²) in [6.07, 6.45) is 2.59. The van der Waals surface area contributed by atoms with Crippen LogP contribution in [0.3, 0.4) is 0 Å². The zero-order valence-corrected chi connectivity index (χ0v) is 27.3. The van der Waals surface area contributed by atoms with E-state index in [2.05, 4.69) is 20.3 Å². The van der Waals surface area contributed by atoms with Gasteiger partial charge in [0.25, 0.3) is 5.91 Å². The first-order valence-electron chi connectivity index (χ1n) is 14.5. The lowest BCUT2D eigenvalue weighted by Gasteiger charge is -2.24. The first-order chi connectivity index (χ1) is 21.2. The number of methoxy groups -OCH3 is 1. The highest BCUT2D eigenvalue weighted by Crippen LogP contribution is 2.40. The van der Waals surface area contributed by atoms with Gasteiger partial charge in [-0.05, 0) is 55.2 Å². The zero-order chi connectivity index (χ0) is 32.9. The number of carbonyl (C=O) groups is 2. The highest BCUT2D eigenvalue weighted by Gasteiger charge is 2.23. The molecule has 0 saturated heterocycles. The third-order valence-electron chi connectivity index (χ3n) is 7.06. The number of hydrogen-bond acceptors (Lipinski definition) is 7. The second kappa shape index (κ2) is 13.4. The van der Waals surface area contributed by atoms with E-state index in [4.69, 9.17) is 9.47 Å². The highest BCUT2D eigenvalue weighted by molar-refractivity contribution is 7.92. The van der Waals surface area contributed by atoms with E-state index in [9.17, 15) is 18.0 Å². The van der Waals surface area contributed by atoms with E-state index in [1.54, 1.807) is 41.3 Å². The van der Waals surface area contributed by atoms with Gasteiger partial charge in [-0.2, -0.15) is 0 Å². The molecular weight excluding hydrogens is 594 g/mol. The maximum atomic E-state index is 13.3. The Bertz CT molecular complexity index is 1830. The Morgan fingerprint density at radius 1 is 0.889 bits per heavy atom. The molecule has 0 spiro atoms. The van der Waals surface area contributed by atoms with Gasteiger partial charge in [-0.15, -0.1) is 0 Å². The van der Waals surface area contributed by atoms with Gasteiger partial charge < -0.3 is 25.0 Å². The lowest BCUT2D eigenvalue weighted by Crippen LogP contribution is -2.31. The van der Waals surface area contributed by atoms with Crippen molar-refractivity contribution >= 4 is 49.8 Å². The fourth-order valence-electron chi connectivity index (χ4n) is 4.79. The number of nitrogens with one attached hydrogen (secondary N) is 3. The van der Waals surface area contributed by atoms with Crippen LogP contribution in [0, 0.1) is 0 Å². The minimum atomic E-state index is -3.62. The quantitative estimate of drug-likeness (QED) is 0.174. The maximum absolute atomic E-state index is 13.3. The predicted molar refractivity (Wildman–Crippen MR) is 178 cm³/mol. The number of benzene rings is 3. The molecule has 0 unspecified atom stereocenters. The molecule has 0 fully saturated rings.